The Morgan fingerprint density at radius 3 is 2.72 bits per heavy atom. The summed E-state index contributed by atoms with van der Waals surface area (Å²) in [6.07, 6.45) is -0.972. The SMILES string of the molecule is CCNC(=NCc1cccc(C(F)(F)F)c1)N1CCN(c2cnn(C)c2)C(=O)C1. The van der Waals surface area contributed by atoms with Crippen LogP contribution in [0.5, 0.6) is 0 Å². The van der Waals surface area contributed by atoms with Crippen LogP contribution in [0.2, 0.25) is 0 Å². The van der Waals surface area contributed by atoms with Crippen molar-refractivity contribution in [3.8, 4) is 0 Å². The zero-order valence-electron chi connectivity index (χ0n) is 16.3. The topological polar surface area (TPSA) is 65.8 Å². The molecule has 0 aliphatic carbocycles. The summed E-state index contributed by atoms with van der Waals surface area (Å²) in [5.41, 5.74) is 0.495. The minimum atomic E-state index is -4.39. The second-order valence-corrected chi connectivity index (χ2v) is 6.71. The van der Waals surface area contributed by atoms with Crippen molar-refractivity contribution in [3.05, 3.63) is 47.8 Å². The number of hydrogen-bond donors (Lipinski definition) is 1. The molecule has 1 saturated heterocycles. The molecule has 1 N–H and O–H groups in total. The van der Waals surface area contributed by atoms with E-state index in [9.17, 15) is 18.0 Å². The number of aromatic nitrogens is 2. The standard InChI is InChI=1S/C19H23F3N6O/c1-3-23-18(24-10-14-5-4-6-15(9-14)19(20,21)22)27-7-8-28(17(29)13-27)16-11-25-26(2)12-16/h4-6,9,11-12H,3,7-8,10,13H2,1-2H3,(H,23,24). The smallest absolute Gasteiger partial charge is 0.356 e. The number of nitrogens with one attached hydrogen (secondary N) is 1. The third-order valence-corrected chi connectivity index (χ3v) is 4.52. The van der Waals surface area contributed by atoms with E-state index in [-0.39, 0.29) is 19.0 Å². The first-order valence-corrected chi connectivity index (χ1v) is 9.26. The Labute approximate surface area is 166 Å². The first-order chi connectivity index (χ1) is 13.8. The number of amides is 1. The number of piperazine rings is 1. The van der Waals surface area contributed by atoms with Gasteiger partial charge >= 0.3 is 6.18 Å². The maximum Gasteiger partial charge on any atom is 0.416 e. The summed E-state index contributed by atoms with van der Waals surface area (Å²) in [5, 5.41) is 7.20. The number of halogens is 3. The molecule has 0 radical (unpaired) electrons. The van der Waals surface area contributed by atoms with E-state index < -0.39 is 11.7 Å². The van der Waals surface area contributed by atoms with Crippen LogP contribution in [0.25, 0.3) is 0 Å². The molecule has 0 unspecified atom stereocenters. The minimum Gasteiger partial charge on any atom is -0.356 e. The predicted octanol–water partition coefficient (Wildman–Crippen LogP) is 2.25. The quantitative estimate of drug-likeness (QED) is 0.623. The van der Waals surface area contributed by atoms with E-state index >= 15 is 0 Å². The molecular weight excluding hydrogens is 385 g/mol. The lowest BCUT2D eigenvalue weighted by Crippen LogP contribution is -2.55. The monoisotopic (exact) mass is 408 g/mol. The third-order valence-electron chi connectivity index (χ3n) is 4.52. The molecule has 1 aliphatic rings. The fourth-order valence-electron chi connectivity index (χ4n) is 3.11. The van der Waals surface area contributed by atoms with Crippen molar-refractivity contribution >= 4 is 17.6 Å². The van der Waals surface area contributed by atoms with E-state index in [0.717, 1.165) is 17.8 Å². The number of carbonyl (C=O) groups excluding carboxylic acids is 1. The van der Waals surface area contributed by atoms with Gasteiger partial charge in [-0.05, 0) is 24.6 Å². The number of benzene rings is 1. The average Bonchev–Trinajstić information content (AvgIpc) is 3.10. The first-order valence-electron chi connectivity index (χ1n) is 9.26. The Hall–Kier alpha value is -3.04. The number of aryl methyl sites for hydroxylation is 1. The predicted molar refractivity (Wildman–Crippen MR) is 103 cm³/mol. The molecule has 3 rings (SSSR count). The second-order valence-electron chi connectivity index (χ2n) is 6.71. The fraction of sp³-hybridized carbons (Fsp3) is 0.421. The summed E-state index contributed by atoms with van der Waals surface area (Å²) in [5.74, 6) is 0.415. The van der Waals surface area contributed by atoms with Crippen LogP contribution in [-0.2, 0) is 24.6 Å². The van der Waals surface area contributed by atoms with Crippen molar-refractivity contribution < 1.29 is 18.0 Å². The average molecular weight is 408 g/mol. The molecule has 1 amide bonds. The number of guanidine groups is 1. The number of alkyl halides is 3. The van der Waals surface area contributed by atoms with Gasteiger partial charge < -0.3 is 15.1 Å². The van der Waals surface area contributed by atoms with Crippen LogP contribution in [-0.4, -0.2) is 52.7 Å². The number of aliphatic imine (C=N–C) groups is 1. The summed E-state index contributed by atoms with van der Waals surface area (Å²) in [7, 11) is 1.79. The Bertz CT molecular complexity index is 892. The van der Waals surface area contributed by atoms with Gasteiger partial charge in [-0.1, -0.05) is 12.1 Å². The lowest BCUT2D eigenvalue weighted by Gasteiger charge is -2.35. The van der Waals surface area contributed by atoms with Crippen LogP contribution in [0, 0.1) is 0 Å². The van der Waals surface area contributed by atoms with Gasteiger partial charge in [0.05, 0.1) is 24.0 Å². The highest BCUT2D eigenvalue weighted by atomic mass is 19.4. The molecule has 29 heavy (non-hydrogen) atoms. The van der Waals surface area contributed by atoms with E-state index in [4.69, 9.17) is 0 Å². The highest BCUT2D eigenvalue weighted by Crippen LogP contribution is 2.29. The van der Waals surface area contributed by atoms with Gasteiger partial charge in [-0.2, -0.15) is 18.3 Å². The van der Waals surface area contributed by atoms with Crippen LogP contribution in [0.4, 0.5) is 18.9 Å². The number of carbonyl (C=O) groups is 1. The van der Waals surface area contributed by atoms with Gasteiger partial charge in [0.1, 0.15) is 6.54 Å². The van der Waals surface area contributed by atoms with Gasteiger partial charge in [-0.15, -0.1) is 0 Å². The number of hydrogen-bond acceptors (Lipinski definition) is 3. The Morgan fingerprint density at radius 2 is 2.10 bits per heavy atom. The van der Waals surface area contributed by atoms with Crippen molar-refractivity contribution in [1.29, 1.82) is 0 Å². The van der Waals surface area contributed by atoms with Gasteiger partial charge in [-0.25, -0.2) is 4.99 Å². The van der Waals surface area contributed by atoms with E-state index in [1.807, 2.05) is 11.8 Å². The van der Waals surface area contributed by atoms with Gasteiger partial charge in [0.25, 0.3) is 0 Å². The van der Waals surface area contributed by atoms with E-state index in [0.29, 0.717) is 31.2 Å². The number of nitrogens with zero attached hydrogens (tertiary/aromatic N) is 5. The molecule has 0 atom stereocenters. The lowest BCUT2D eigenvalue weighted by atomic mass is 10.1. The Balaban J connectivity index is 1.71. The molecule has 1 fully saturated rings. The zero-order valence-corrected chi connectivity index (χ0v) is 16.3. The first kappa shape index (κ1) is 20.7. The molecule has 1 aliphatic heterocycles. The zero-order chi connectivity index (χ0) is 21.0. The molecule has 2 aromatic rings. The minimum absolute atomic E-state index is 0.0866. The number of anilines is 1. The van der Waals surface area contributed by atoms with E-state index in [1.54, 1.807) is 35.1 Å². The molecule has 1 aromatic heterocycles. The van der Waals surface area contributed by atoms with Crippen LogP contribution in [0.15, 0.2) is 41.7 Å². The molecule has 10 heteroatoms. The maximum absolute atomic E-state index is 12.9. The molecule has 0 spiro atoms. The summed E-state index contributed by atoms with van der Waals surface area (Å²) in [6.45, 7) is 3.71. The van der Waals surface area contributed by atoms with Gasteiger partial charge in [0.2, 0.25) is 5.91 Å². The van der Waals surface area contributed by atoms with E-state index in [2.05, 4.69) is 15.4 Å². The molecule has 0 bridgehead atoms. The van der Waals surface area contributed by atoms with Crippen molar-refractivity contribution in [1.82, 2.24) is 20.0 Å². The molecular formula is C19H23F3N6O. The summed E-state index contributed by atoms with van der Waals surface area (Å²) < 4.78 is 40.3. The summed E-state index contributed by atoms with van der Waals surface area (Å²) in [6, 6.07) is 5.11. The van der Waals surface area contributed by atoms with Crippen molar-refractivity contribution in [2.45, 2.75) is 19.6 Å². The van der Waals surface area contributed by atoms with Crippen LogP contribution >= 0.6 is 0 Å². The summed E-state index contributed by atoms with van der Waals surface area (Å²) >= 11 is 0. The molecule has 2 heterocycles. The normalized spacial score (nSPS) is 15.8. The van der Waals surface area contributed by atoms with Crippen LogP contribution in [0.3, 0.4) is 0 Å². The van der Waals surface area contributed by atoms with Crippen LogP contribution in [0.1, 0.15) is 18.1 Å². The fourth-order valence-corrected chi connectivity index (χ4v) is 3.11. The molecule has 7 nitrogen and oxygen atoms in total. The Kier molecular flexibility index (Phi) is 6.09. The van der Waals surface area contributed by atoms with Gasteiger partial charge in [-0.3, -0.25) is 9.48 Å². The van der Waals surface area contributed by atoms with Gasteiger partial charge in [0.15, 0.2) is 5.96 Å². The molecule has 0 saturated carbocycles. The highest BCUT2D eigenvalue weighted by molar-refractivity contribution is 5.98. The highest BCUT2D eigenvalue weighted by Gasteiger charge is 2.30. The Morgan fingerprint density at radius 1 is 1.31 bits per heavy atom. The molecule has 1 aromatic carbocycles. The van der Waals surface area contributed by atoms with Crippen molar-refractivity contribution in [2.24, 2.45) is 12.0 Å². The lowest BCUT2D eigenvalue weighted by molar-refractivity contribution is -0.137. The van der Waals surface area contributed by atoms with Crippen LogP contribution < -0.4 is 10.2 Å². The number of rotatable bonds is 4. The van der Waals surface area contributed by atoms with Crippen molar-refractivity contribution in [2.75, 3.05) is 31.1 Å². The maximum atomic E-state index is 12.9. The van der Waals surface area contributed by atoms with E-state index in [1.165, 1.54) is 6.07 Å². The molecule has 156 valence electrons. The second kappa shape index (κ2) is 8.54. The van der Waals surface area contributed by atoms with Gasteiger partial charge in [0, 0.05) is 32.9 Å². The third kappa shape index (κ3) is 5.07. The van der Waals surface area contributed by atoms with Crippen molar-refractivity contribution in [3.63, 3.8) is 0 Å². The summed E-state index contributed by atoms with van der Waals surface area (Å²) in [4.78, 5) is 20.5. The largest absolute Gasteiger partial charge is 0.416 e.